The molecular formula is C9H14N4O2. The number of amides is 1. The van der Waals surface area contributed by atoms with Crippen molar-refractivity contribution in [3.05, 3.63) is 11.9 Å². The predicted octanol–water partition coefficient (Wildman–Crippen LogP) is -0.242. The van der Waals surface area contributed by atoms with Crippen molar-refractivity contribution in [1.82, 2.24) is 15.5 Å². The Morgan fingerprint density at radius 3 is 3.27 bits per heavy atom. The number of rotatable bonds is 3. The van der Waals surface area contributed by atoms with Crippen LogP contribution in [0.4, 0.5) is 5.69 Å². The molecule has 82 valence electrons. The molecule has 6 heteroatoms. The zero-order valence-electron chi connectivity index (χ0n) is 8.32. The van der Waals surface area contributed by atoms with Gasteiger partial charge in [0.25, 0.3) is 5.91 Å². The fourth-order valence-corrected chi connectivity index (χ4v) is 1.55. The zero-order valence-corrected chi connectivity index (χ0v) is 8.32. The summed E-state index contributed by atoms with van der Waals surface area (Å²) in [5.74, 6) is 0.204. The summed E-state index contributed by atoms with van der Waals surface area (Å²) in [7, 11) is 0. The van der Waals surface area contributed by atoms with Gasteiger partial charge in [-0.2, -0.15) is 5.10 Å². The highest BCUT2D eigenvalue weighted by Gasteiger charge is 2.18. The number of nitrogens with two attached hydrogens (primary N) is 1. The van der Waals surface area contributed by atoms with Crippen LogP contribution in [-0.2, 0) is 4.74 Å². The SMILES string of the molecule is Nc1cn[nH]c1C(=O)NCC1CCOC1. The Balaban J connectivity index is 1.84. The summed E-state index contributed by atoms with van der Waals surface area (Å²) in [6, 6.07) is 0. The lowest BCUT2D eigenvalue weighted by molar-refractivity contribution is 0.0941. The number of aromatic amines is 1. The maximum atomic E-state index is 11.6. The Morgan fingerprint density at radius 2 is 2.67 bits per heavy atom. The van der Waals surface area contributed by atoms with Gasteiger partial charge in [-0.15, -0.1) is 0 Å². The Morgan fingerprint density at radius 1 is 1.80 bits per heavy atom. The molecule has 0 bridgehead atoms. The van der Waals surface area contributed by atoms with Gasteiger partial charge >= 0.3 is 0 Å². The maximum absolute atomic E-state index is 11.6. The molecule has 0 aromatic carbocycles. The average Bonchev–Trinajstić information content (AvgIpc) is 2.84. The van der Waals surface area contributed by atoms with Crippen LogP contribution in [0.25, 0.3) is 0 Å². The minimum absolute atomic E-state index is 0.211. The van der Waals surface area contributed by atoms with Crippen molar-refractivity contribution in [3.8, 4) is 0 Å². The van der Waals surface area contributed by atoms with Crippen molar-refractivity contribution in [2.75, 3.05) is 25.5 Å². The standard InChI is InChI=1S/C9H14N4O2/c10-7-4-12-13-8(7)9(14)11-3-6-1-2-15-5-6/h4,6H,1-3,5,10H2,(H,11,14)(H,12,13). The third kappa shape index (κ3) is 2.27. The molecule has 1 aliphatic heterocycles. The third-order valence-electron chi connectivity index (χ3n) is 2.47. The summed E-state index contributed by atoms with van der Waals surface area (Å²) in [4.78, 5) is 11.6. The Bertz CT molecular complexity index is 344. The number of ether oxygens (including phenoxy) is 1. The second kappa shape index (κ2) is 4.31. The number of hydrogen-bond acceptors (Lipinski definition) is 4. The number of nitrogen functional groups attached to an aromatic ring is 1. The molecule has 4 N–H and O–H groups in total. The number of carbonyl (C=O) groups excluding carboxylic acids is 1. The number of nitrogens with one attached hydrogen (secondary N) is 2. The molecule has 1 aromatic heterocycles. The first-order valence-corrected chi connectivity index (χ1v) is 4.92. The molecule has 1 unspecified atom stereocenters. The molecule has 1 aliphatic rings. The molecule has 15 heavy (non-hydrogen) atoms. The van der Waals surface area contributed by atoms with Gasteiger partial charge in [0.15, 0.2) is 0 Å². The monoisotopic (exact) mass is 210 g/mol. The van der Waals surface area contributed by atoms with Crippen LogP contribution in [0.1, 0.15) is 16.9 Å². The van der Waals surface area contributed by atoms with Crippen molar-refractivity contribution in [3.63, 3.8) is 0 Å². The summed E-state index contributed by atoms with van der Waals surface area (Å²) in [6.45, 7) is 2.13. The van der Waals surface area contributed by atoms with Gasteiger partial charge in [-0.1, -0.05) is 0 Å². The lowest BCUT2D eigenvalue weighted by Gasteiger charge is -2.08. The van der Waals surface area contributed by atoms with E-state index < -0.39 is 0 Å². The Hall–Kier alpha value is -1.56. The summed E-state index contributed by atoms with van der Waals surface area (Å²) >= 11 is 0. The van der Waals surface area contributed by atoms with Gasteiger partial charge < -0.3 is 15.8 Å². The van der Waals surface area contributed by atoms with Crippen LogP contribution in [-0.4, -0.2) is 35.9 Å². The minimum Gasteiger partial charge on any atom is -0.396 e. The number of nitrogens with zero attached hydrogens (tertiary/aromatic N) is 1. The molecule has 1 fully saturated rings. The smallest absolute Gasteiger partial charge is 0.271 e. The van der Waals surface area contributed by atoms with E-state index in [-0.39, 0.29) is 5.91 Å². The lowest BCUT2D eigenvalue weighted by Crippen LogP contribution is -2.30. The average molecular weight is 210 g/mol. The van der Waals surface area contributed by atoms with Crippen molar-refractivity contribution < 1.29 is 9.53 Å². The van der Waals surface area contributed by atoms with E-state index in [2.05, 4.69) is 15.5 Å². The van der Waals surface area contributed by atoms with Gasteiger partial charge in [-0.3, -0.25) is 9.89 Å². The Labute approximate surface area is 87.2 Å². The predicted molar refractivity (Wildman–Crippen MR) is 54.3 cm³/mol. The summed E-state index contributed by atoms with van der Waals surface area (Å²) < 4.78 is 5.21. The molecule has 1 amide bonds. The number of carbonyl (C=O) groups is 1. The van der Waals surface area contributed by atoms with E-state index in [9.17, 15) is 4.79 Å². The topological polar surface area (TPSA) is 93.0 Å². The number of hydrogen-bond donors (Lipinski definition) is 3. The molecular weight excluding hydrogens is 196 g/mol. The first-order valence-electron chi connectivity index (χ1n) is 4.92. The zero-order chi connectivity index (χ0) is 10.7. The summed E-state index contributed by atoms with van der Waals surface area (Å²) in [6.07, 6.45) is 2.42. The summed E-state index contributed by atoms with van der Waals surface area (Å²) in [5, 5.41) is 9.05. The van der Waals surface area contributed by atoms with Gasteiger partial charge in [0.05, 0.1) is 18.5 Å². The van der Waals surface area contributed by atoms with E-state index in [1.807, 2.05) is 0 Å². The highest BCUT2D eigenvalue weighted by atomic mass is 16.5. The normalized spacial score (nSPS) is 20.4. The van der Waals surface area contributed by atoms with Gasteiger partial charge in [0.1, 0.15) is 5.69 Å². The quantitative estimate of drug-likeness (QED) is 0.641. The number of anilines is 1. The van der Waals surface area contributed by atoms with Gasteiger partial charge in [-0.25, -0.2) is 0 Å². The second-order valence-electron chi connectivity index (χ2n) is 3.64. The number of H-pyrrole nitrogens is 1. The van der Waals surface area contributed by atoms with E-state index in [1.54, 1.807) is 0 Å². The van der Waals surface area contributed by atoms with Crippen LogP contribution in [0.15, 0.2) is 6.20 Å². The maximum Gasteiger partial charge on any atom is 0.271 e. The van der Waals surface area contributed by atoms with Crippen LogP contribution in [0.3, 0.4) is 0 Å². The van der Waals surface area contributed by atoms with Gasteiger partial charge in [0.2, 0.25) is 0 Å². The fraction of sp³-hybridized carbons (Fsp3) is 0.556. The largest absolute Gasteiger partial charge is 0.396 e. The van der Waals surface area contributed by atoms with Crippen LogP contribution >= 0.6 is 0 Å². The van der Waals surface area contributed by atoms with E-state index in [0.29, 0.717) is 23.8 Å². The van der Waals surface area contributed by atoms with Gasteiger partial charge in [0, 0.05) is 19.1 Å². The second-order valence-corrected chi connectivity index (χ2v) is 3.64. The summed E-state index contributed by atoms with van der Waals surface area (Å²) in [5.41, 5.74) is 6.24. The van der Waals surface area contributed by atoms with Crippen molar-refractivity contribution in [2.24, 2.45) is 5.92 Å². The molecule has 0 aliphatic carbocycles. The van der Waals surface area contributed by atoms with Crippen molar-refractivity contribution in [2.45, 2.75) is 6.42 Å². The van der Waals surface area contributed by atoms with Crippen LogP contribution < -0.4 is 11.1 Å². The molecule has 0 radical (unpaired) electrons. The molecule has 6 nitrogen and oxygen atoms in total. The molecule has 1 atom stereocenters. The minimum atomic E-state index is -0.211. The van der Waals surface area contributed by atoms with Gasteiger partial charge in [-0.05, 0) is 6.42 Å². The van der Waals surface area contributed by atoms with Crippen molar-refractivity contribution in [1.29, 1.82) is 0 Å². The van der Waals surface area contributed by atoms with E-state index in [0.717, 1.165) is 19.6 Å². The first kappa shape index (κ1) is 9.97. The molecule has 0 saturated carbocycles. The number of aromatic nitrogens is 2. The highest BCUT2D eigenvalue weighted by Crippen LogP contribution is 2.11. The molecule has 1 saturated heterocycles. The van der Waals surface area contributed by atoms with Crippen LogP contribution in [0, 0.1) is 5.92 Å². The Kier molecular flexibility index (Phi) is 2.86. The van der Waals surface area contributed by atoms with E-state index in [1.165, 1.54) is 6.20 Å². The van der Waals surface area contributed by atoms with Crippen molar-refractivity contribution >= 4 is 11.6 Å². The third-order valence-corrected chi connectivity index (χ3v) is 2.47. The fourth-order valence-electron chi connectivity index (χ4n) is 1.55. The molecule has 1 aromatic rings. The molecule has 0 spiro atoms. The highest BCUT2D eigenvalue weighted by molar-refractivity contribution is 5.96. The molecule has 2 rings (SSSR count). The van der Waals surface area contributed by atoms with Crippen LogP contribution in [0.2, 0.25) is 0 Å². The molecule has 2 heterocycles. The van der Waals surface area contributed by atoms with Crippen LogP contribution in [0.5, 0.6) is 0 Å². The first-order chi connectivity index (χ1) is 7.27. The lowest BCUT2D eigenvalue weighted by atomic mass is 10.1. The van der Waals surface area contributed by atoms with E-state index in [4.69, 9.17) is 10.5 Å². The van der Waals surface area contributed by atoms with E-state index >= 15 is 0 Å².